The molecule has 0 aliphatic carbocycles. The lowest BCUT2D eigenvalue weighted by Crippen LogP contribution is -2.32. The number of anilines is 1. The number of benzene rings is 1. The minimum Gasteiger partial charge on any atom is -0.372 e. The van der Waals surface area contributed by atoms with Crippen LogP contribution in [0.15, 0.2) is 52.8 Å². The standard InChI is InChI=1S/C21H25N5/c1-15-8-11-25(12-9-15)19-6-4-18(5-7-19)23-24-21-17(3)22-20-14-16(2)10-13-26(20)21/h4-7,10,13-15H,8-9,11-12H2,1-3H3. The van der Waals surface area contributed by atoms with Crippen molar-refractivity contribution in [2.24, 2.45) is 16.1 Å². The van der Waals surface area contributed by atoms with Gasteiger partial charge in [0.2, 0.25) is 0 Å². The molecule has 0 N–H and O–H groups in total. The highest BCUT2D eigenvalue weighted by molar-refractivity contribution is 5.55. The molecule has 2 aromatic heterocycles. The number of aromatic nitrogens is 2. The van der Waals surface area contributed by atoms with Gasteiger partial charge in [0.25, 0.3) is 0 Å². The molecule has 0 bridgehead atoms. The van der Waals surface area contributed by atoms with Crippen molar-refractivity contribution in [2.45, 2.75) is 33.6 Å². The minimum atomic E-state index is 0.786. The maximum Gasteiger partial charge on any atom is 0.182 e. The molecule has 1 aliphatic rings. The van der Waals surface area contributed by atoms with Gasteiger partial charge in [0.05, 0.1) is 11.4 Å². The zero-order valence-corrected chi connectivity index (χ0v) is 15.7. The summed E-state index contributed by atoms with van der Waals surface area (Å²) in [6, 6.07) is 12.5. The van der Waals surface area contributed by atoms with Gasteiger partial charge in [-0.1, -0.05) is 6.92 Å². The van der Waals surface area contributed by atoms with E-state index in [2.05, 4.69) is 58.2 Å². The average Bonchev–Trinajstić information content (AvgIpc) is 2.95. The summed E-state index contributed by atoms with van der Waals surface area (Å²) in [4.78, 5) is 7.03. The van der Waals surface area contributed by atoms with Crippen LogP contribution in [0.4, 0.5) is 17.2 Å². The van der Waals surface area contributed by atoms with Crippen LogP contribution in [-0.4, -0.2) is 22.5 Å². The number of rotatable bonds is 3. The summed E-state index contributed by atoms with van der Waals surface area (Å²) < 4.78 is 1.98. The SMILES string of the molecule is Cc1ccn2c(N=Nc3ccc(N4CCC(C)CC4)cc3)c(C)nc2c1. The Balaban J connectivity index is 1.53. The van der Waals surface area contributed by atoms with Crippen molar-refractivity contribution >= 4 is 22.8 Å². The van der Waals surface area contributed by atoms with E-state index in [4.69, 9.17) is 0 Å². The zero-order valence-electron chi connectivity index (χ0n) is 15.7. The molecule has 3 aromatic rings. The van der Waals surface area contributed by atoms with E-state index in [1.54, 1.807) is 0 Å². The summed E-state index contributed by atoms with van der Waals surface area (Å²) in [5.41, 5.74) is 5.12. The van der Waals surface area contributed by atoms with Crippen molar-refractivity contribution in [1.29, 1.82) is 0 Å². The lowest BCUT2D eigenvalue weighted by Gasteiger charge is -2.32. The van der Waals surface area contributed by atoms with Crippen LogP contribution < -0.4 is 4.90 Å². The summed E-state index contributed by atoms with van der Waals surface area (Å²) in [7, 11) is 0. The van der Waals surface area contributed by atoms with Crippen molar-refractivity contribution in [3.8, 4) is 0 Å². The van der Waals surface area contributed by atoms with Gasteiger partial charge in [-0.25, -0.2) is 4.98 Å². The topological polar surface area (TPSA) is 45.3 Å². The molecule has 0 spiro atoms. The van der Waals surface area contributed by atoms with Crippen LogP contribution >= 0.6 is 0 Å². The van der Waals surface area contributed by atoms with E-state index < -0.39 is 0 Å². The second-order valence-corrected chi connectivity index (χ2v) is 7.34. The number of hydrogen-bond acceptors (Lipinski definition) is 4. The Morgan fingerprint density at radius 3 is 2.46 bits per heavy atom. The van der Waals surface area contributed by atoms with Crippen molar-refractivity contribution in [1.82, 2.24) is 9.38 Å². The number of pyridine rings is 1. The normalized spacial score (nSPS) is 16.0. The van der Waals surface area contributed by atoms with Crippen molar-refractivity contribution in [3.63, 3.8) is 0 Å². The van der Waals surface area contributed by atoms with Crippen LogP contribution in [0.3, 0.4) is 0 Å². The molecule has 5 heteroatoms. The Labute approximate surface area is 154 Å². The fraction of sp³-hybridized carbons (Fsp3) is 0.381. The second kappa shape index (κ2) is 6.90. The first kappa shape index (κ1) is 16.8. The number of piperidine rings is 1. The average molecular weight is 347 g/mol. The number of azo groups is 1. The molecule has 3 heterocycles. The molecular weight excluding hydrogens is 322 g/mol. The van der Waals surface area contributed by atoms with Gasteiger partial charge in [-0.05, 0) is 74.6 Å². The number of fused-ring (bicyclic) bond motifs is 1. The Morgan fingerprint density at radius 2 is 1.73 bits per heavy atom. The maximum absolute atomic E-state index is 4.57. The highest BCUT2D eigenvalue weighted by atomic mass is 15.2. The fourth-order valence-electron chi connectivity index (χ4n) is 3.47. The fourth-order valence-corrected chi connectivity index (χ4v) is 3.47. The molecule has 1 aromatic carbocycles. The van der Waals surface area contributed by atoms with Gasteiger partial charge in [-0.3, -0.25) is 4.40 Å². The third kappa shape index (κ3) is 3.34. The third-order valence-corrected chi connectivity index (χ3v) is 5.18. The molecule has 4 rings (SSSR count). The van der Waals surface area contributed by atoms with Crippen molar-refractivity contribution in [2.75, 3.05) is 18.0 Å². The molecule has 0 unspecified atom stereocenters. The van der Waals surface area contributed by atoms with Gasteiger partial charge < -0.3 is 4.90 Å². The van der Waals surface area contributed by atoms with Gasteiger partial charge in [-0.15, -0.1) is 10.2 Å². The first-order valence-corrected chi connectivity index (χ1v) is 9.32. The van der Waals surface area contributed by atoms with Gasteiger partial charge in [0.15, 0.2) is 5.82 Å². The number of hydrogen-bond donors (Lipinski definition) is 0. The van der Waals surface area contributed by atoms with Gasteiger partial charge in [-0.2, -0.15) is 0 Å². The Kier molecular flexibility index (Phi) is 4.45. The predicted molar refractivity (Wildman–Crippen MR) is 106 cm³/mol. The molecular formula is C21H25N5. The van der Waals surface area contributed by atoms with E-state index in [0.29, 0.717) is 0 Å². The summed E-state index contributed by atoms with van der Waals surface area (Å²) in [5, 5.41) is 8.88. The van der Waals surface area contributed by atoms with Crippen LogP contribution in [0.1, 0.15) is 31.0 Å². The summed E-state index contributed by atoms with van der Waals surface area (Å²) in [6.07, 6.45) is 4.54. The number of nitrogens with zero attached hydrogens (tertiary/aromatic N) is 5. The van der Waals surface area contributed by atoms with E-state index in [-0.39, 0.29) is 0 Å². The van der Waals surface area contributed by atoms with Crippen molar-refractivity contribution in [3.05, 3.63) is 53.9 Å². The molecule has 0 amide bonds. The molecule has 0 radical (unpaired) electrons. The largest absolute Gasteiger partial charge is 0.372 e. The molecule has 0 atom stereocenters. The Hall–Kier alpha value is -2.69. The molecule has 1 fully saturated rings. The van der Waals surface area contributed by atoms with E-state index in [1.807, 2.05) is 29.7 Å². The Morgan fingerprint density at radius 1 is 1.00 bits per heavy atom. The first-order chi connectivity index (χ1) is 12.6. The highest BCUT2D eigenvalue weighted by Gasteiger charge is 2.15. The molecule has 5 nitrogen and oxygen atoms in total. The monoisotopic (exact) mass is 347 g/mol. The molecule has 0 saturated carbocycles. The van der Waals surface area contributed by atoms with Crippen LogP contribution in [0.25, 0.3) is 5.65 Å². The van der Waals surface area contributed by atoms with E-state index in [1.165, 1.54) is 24.1 Å². The predicted octanol–water partition coefficient (Wildman–Crippen LogP) is 5.60. The first-order valence-electron chi connectivity index (χ1n) is 9.32. The van der Waals surface area contributed by atoms with Gasteiger partial charge in [0.1, 0.15) is 5.65 Å². The second-order valence-electron chi connectivity index (χ2n) is 7.34. The maximum atomic E-state index is 4.57. The smallest absolute Gasteiger partial charge is 0.182 e. The number of imidazole rings is 1. The summed E-state index contributed by atoms with van der Waals surface area (Å²) in [5.74, 6) is 1.63. The van der Waals surface area contributed by atoms with Crippen LogP contribution in [0, 0.1) is 19.8 Å². The Bertz CT molecular complexity index is 931. The zero-order chi connectivity index (χ0) is 18.1. The molecule has 1 aliphatic heterocycles. The minimum absolute atomic E-state index is 0.786. The van der Waals surface area contributed by atoms with Crippen LogP contribution in [0.2, 0.25) is 0 Å². The molecule has 26 heavy (non-hydrogen) atoms. The summed E-state index contributed by atoms with van der Waals surface area (Å²) >= 11 is 0. The van der Waals surface area contributed by atoms with Gasteiger partial charge in [0, 0.05) is 25.0 Å². The summed E-state index contributed by atoms with van der Waals surface area (Å²) in [6.45, 7) is 8.65. The van der Waals surface area contributed by atoms with E-state index >= 15 is 0 Å². The lowest BCUT2D eigenvalue weighted by atomic mass is 9.99. The van der Waals surface area contributed by atoms with Gasteiger partial charge >= 0.3 is 0 Å². The molecule has 1 saturated heterocycles. The lowest BCUT2D eigenvalue weighted by molar-refractivity contribution is 0.438. The van der Waals surface area contributed by atoms with Crippen molar-refractivity contribution < 1.29 is 0 Å². The number of aryl methyl sites for hydroxylation is 2. The highest BCUT2D eigenvalue weighted by Crippen LogP contribution is 2.27. The van der Waals surface area contributed by atoms with Crippen LogP contribution in [-0.2, 0) is 0 Å². The van der Waals surface area contributed by atoms with E-state index in [0.717, 1.165) is 41.9 Å². The van der Waals surface area contributed by atoms with Crippen LogP contribution in [0.5, 0.6) is 0 Å². The quantitative estimate of drug-likeness (QED) is 0.579. The third-order valence-electron chi connectivity index (χ3n) is 5.18. The molecule has 134 valence electrons. The van der Waals surface area contributed by atoms with E-state index in [9.17, 15) is 0 Å².